The van der Waals surface area contributed by atoms with Crippen LogP contribution in [-0.2, 0) is 22.6 Å². The Morgan fingerprint density at radius 2 is 1.76 bits per heavy atom. The molecule has 1 N–H and O–H groups in total. The van der Waals surface area contributed by atoms with E-state index >= 15 is 0 Å². The first-order valence-corrected chi connectivity index (χ1v) is 12.4. The van der Waals surface area contributed by atoms with Gasteiger partial charge in [0.05, 0.1) is 18.1 Å². The highest BCUT2D eigenvalue weighted by Gasteiger charge is 2.40. The molecule has 2 amide bonds. The molecule has 1 aliphatic rings. The maximum atomic E-state index is 13.5. The maximum Gasteiger partial charge on any atom is 0.265 e. The summed E-state index contributed by atoms with van der Waals surface area (Å²) < 4.78 is 7.05. The van der Waals surface area contributed by atoms with Gasteiger partial charge < -0.3 is 9.73 Å². The lowest BCUT2D eigenvalue weighted by molar-refractivity contribution is -0.117. The fourth-order valence-electron chi connectivity index (χ4n) is 3.32. The van der Waals surface area contributed by atoms with Gasteiger partial charge in [-0.2, -0.15) is 5.26 Å². The highest BCUT2D eigenvalue weighted by molar-refractivity contribution is 9.10. The molecule has 3 aromatic rings. The molecule has 33 heavy (non-hydrogen) atoms. The number of hydrogen-bond acceptors (Lipinski definition) is 5. The highest BCUT2D eigenvalue weighted by Crippen LogP contribution is 2.42. The molecule has 4 rings (SSSR count). The molecule has 6 nitrogen and oxygen atoms in total. The zero-order valence-corrected chi connectivity index (χ0v) is 21.1. The first kappa shape index (κ1) is 23.4. The van der Waals surface area contributed by atoms with Crippen molar-refractivity contribution in [2.75, 3.05) is 4.90 Å². The topological polar surface area (TPSA) is 86.3 Å². The molecule has 1 saturated heterocycles. The van der Waals surface area contributed by atoms with E-state index in [1.807, 2.05) is 42.5 Å². The van der Waals surface area contributed by atoms with Crippen molar-refractivity contribution in [2.24, 2.45) is 0 Å². The Hall–Kier alpha value is -2.80. The minimum atomic E-state index is -0.560. The minimum Gasteiger partial charge on any atom is -0.467 e. The molecule has 0 radical (unpaired) electrons. The number of nitriles is 1. The molecule has 0 spiro atoms. The van der Waals surface area contributed by atoms with Crippen LogP contribution in [0.3, 0.4) is 0 Å². The van der Waals surface area contributed by atoms with E-state index in [1.165, 1.54) is 22.9 Å². The van der Waals surface area contributed by atoms with Crippen molar-refractivity contribution in [1.29, 1.82) is 5.26 Å². The summed E-state index contributed by atoms with van der Waals surface area (Å²) in [5.41, 5.74) is 1.47. The molecule has 0 saturated carbocycles. The summed E-state index contributed by atoms with van der Waals surface area (Å²) in [7, 11) is 0. The van der Waals surface area contributed by atoms with E-state index in [4.69, 9.17) is 4.42 Å². The summed E-state index contributed by atoms with van der Waals surface area (Å²) in [4.78, 5) is 27.8. The summed E-state index contributed by atoms with van der Waals surface area (Å²) in [6.45, 7) is 0.142. The third-order valence-corrected chi connectivity index (χ3v) is 7.25. The number of nitrogens with zero attached hydrogens (tertiary/aromatic N) is 2. The van der Waals surface area contributed by atoms with Gasteiger partial charge in [-0.25, -0.2) is 0 Å². The maximum absolute atomic E-state index is 13.5. The molecular formula is C24H17Br2N3O3S. The predicted octanol–water partition coefficient (Wildman–Crippen LogP) is 5.55. The molecule has 0 bridgehead atoms. The minimum absolute atomic E-state index is 0.110. The van der Waals surface area contributed by atoms with Gasteiger partial charge in [-0.1, -0.05) is 55.8 Å². The fourth-order valence-corrected chi connectivity index (χ4v) is 5.15. The Kier molecular flexibility index (Phi) is 7.38. The van der Waals surface area contributed by atoms with E-state index in [2.05, 4.69) is 37.2 Å². The summed E-state index contributed by atoms with van der Waals surface area (Å²) in [6.07, 6.45) is 1.98. The molecule has 0 aliphatic carbocycles. The van der Waals surface area contributed by atoms with Crippen LogP contribution in [0.2, 0.25) is 0 Å². The van der Waals surface area contributed by atoms with E-state index in [-0.39, 0.29) is 18.0 Å². The van der Waals surface area contributed by atoms with Gasteiger partial charge in [-0.3, -0.25) is 14.5 Å². The summed E-state index contributed by atoms with van der Waals surface area (Å²) in [5.74, 6) is -0.166. The molecule has 1 fully saturated rings. The summed E-state index contributed by atoms with van der Waals surface area (Å²) in [6, 6.07) is 20.4. The lowest BCUT2D eigenvalue weighted by atomic mass is 10.1. The second-order valence-corrected chi connectivity index (χ2v) is 10.2. The van der Waals surface area contributed by atoms with Crippen LogP contribution in [0, 0.1) is 11.3 Å². The third kappa shape index (κ3) is 5.41. The van der Waals surface area contributed by atoms with Crippen molar-refractivity contribution in [1.82, 2.24) is 5.32 Å². The van der Waals surface area contributed by atoms with Crippen LogP contribution in [0.4, 0.5) is 5.69 Å². The van der Waals surface area contributed by atoms with Gasteiger partial charge in [0.1, 0.15) is 22.4 Å². The van der Waals surface area contributed by atoms with E-state index in [9.17, 15) is 14.9 Å². The molecule has 9 heteroatoms. The van der Waals surface area contributed by atoms with Gasteiger partial charge in [-0.15, -0.1) is 0 Å². The average molecular weight is 587 g/mol. The average Bonchev–Trinajstić information content (AvgIpc) is 3.44. The van der Waals surface area contributed by atoms with Crippen LogP contribution in [0.5, 0.6) is 0 Å². The van der Waals surface area contributed by atoms with Crippen molar-refractivity contribution in [3.05, 3.63) is 97.8 Å². The molecular weight excluding hydrogens is 570 g/mol. The number of furan rings is 1. The number of carbonyl (C=O) groups excluding carboxylic acids is 2. The number of thioether (sulfide) groups is 1. The number of halogens is 2. The van der Waals surface area contributed by atoms with E-state index in [1.54, 1.807) is 24.3 Å². The van der Waals surface area contributed by atoms with Gasteiger partial charge in [0.2, 0.25) is 5.91 Å². The van der Waals surface area contributed by atoms with Gasteiger partial charge in [0.15, 0.2) is 0 Å². The van der Waals surface area contributed by atoms with Crippen LogP contribution in [0.1, 0.15) is 11.3 Å². The highest BCUT2D eigenvalue weighted by atomic mass is 79.9. The SMILES string of the molecule is N#C/C(C(=O)NCc1ccco1)=C1/S[C@@H](Cc2ccc(Br)cc2)C(=O)N1c1ccc(Br)cc1. The molecule has 1 aromatic heterocycles. The number of rotatable bonds is 6. The van der Waals surface area contributed by atoms with Crippen LogP contribution in [0.25, 0.3) is 0 Å². The van der Waals surface area contributed by atoms with Crippen LogP contribution < -0.4 is 10.2 Å². The number of amides is 2. The number of nitrogens with one attached hydrogen (secondary N) is 1. The van der Waals surface area contributed by atoms with Crippen LogP contribution >= 0.6 is 43.6 Å². The third-order valence-electron chi connectivity index (χ3n) is 4.93. The van der Waals surface area contributed by atoms with Crippen molar-refractivity contribution >= 4 is 61.1 Å². The van der Waals surface area contributed by atoms with E-state index in [0.717, 1.165) is 14.5 Å². The first-order valence-electron chi connectivity index (χ1n) is 9.92. The zero-order chi connectivity index (χ0) is 23.4. The lowest BCUT2D eigenvalue weighted by Crippen LogP contribution is -2.32. The van der Waals surface area contributed by atoms with Gasteiger partial charge in [-0.05, 0) is 60.5 Å². The van der Waals surface area contributed by atoms with Crippen LogP contribution in [-0.4, -0.2) is 17.1 Å². The van der Waals surface area contributed by atoms with Crippen molar-refractivity contribution < 1.29 is 14.0 Å². The molecule has 0 unspecified atom stereocenters. The summed E-state index contributed by atoms with van der Waals surface area (Å²) in [5, 5.41) is 12.4. The number of benzene rings is 2. The largest absolute Gasteiger partial charge is 0.467 e. The molecule has 2 heterocycles. The van der Waals surface area contributed by atoms with Gasteiger partial charge >= 0.3 is 0 Å². The van der Waals surface area contributed by atoms with Crippen molar-refractivity contribution in [3.63, 3.8) is 0 Å². The number of carbonyl (C=O) groups is 2. The smallest absolute Gasteiger partial charge is 0.265 e. The Labute approximate surface area is 211 Å². The Morgan fingerprint density at radius 3 is 2.36 bits per heavy atom. The Balaban J connectivity index is 1.67. The summed E-state index contributed by atoms with van der Waals surface area (Å²) >= 11 is 8.06. The fraction of sp³-hybridized carbons (Fsp3) is 0.125. The number of anilines is 1. The van der Waals surface area contributed by atoms with Crippen molar-refractivity contribution in [2.45, 2.75) is 18.2 Å². The molecule has 1 aliphatic heterocycles. The first-order chi connectivity index (χ1) is 16.0. The normalized spacial score (nSPS) is 17.1. The molecule has 166 valence electrons. The number of hydrogen-bond donors (Lipinski definition) is 1. The monoisotopic (exact) mass is 585 g/mol. The van der Waals surface area contributed by atoms with E-state index in [0.29, 0.717) is 22.9 Å². The van der Waals surface area contributed by atoms with Crippen molar-refractivity contribution in [3.8, 4) is 6.07 Å². The van der Waals surface area contributed by atoms with Crippen LogP contribution in [0.15, 0.2) is 90.9 Å². The second-order valence-electron chi connectivity index (χ2n) is 7.14. The lowest BCUT2D eigenvalue weighted by Gasteiger charge is -2.18. The molecule has 1 atom stereocenters. The zero-order valence-electron chi connectivity index (χ0n) is 17.1. The van der Waals surface area contributed by atoms with E-state index < -0.39 is 11.2 Å². The standard InChI is InChI=1S/C24H17Br2N3O3S/c25-16-5-3-15(4-6-16)12-21-23(31)29(18-9-7-17(26)8-10-18)24(33-21)20(13-27)22(30)28-14-19-2-1-11-32-19/h1-11,21H,12,14H2,(H,28,30)/b24-20-/t21-/m0/s1. The Bertz CT molecular complexity index is 1230. The van der Waals surface area contributed by atoms with Gasteiger partial charge in [0.25, 0.3) is 5.91 Å². The Morgan fingerprint density at radius 1 is 1.09 bits per heavy atom. The van der Waals surface area contributed by atoms with Gasteiger partial charge in [0, 0.05) is 14.6 Å². The predicted molar refractivity (Wildman–Crippen MR) is 134 cm³/mol. The molecule has 2 aromatic carbocycles. The quantitative estimate of drug-likeness (QED) is 0.302. The second kappa shape index (κ2) is 10.4.